The molecule has 0 aromatic carbocycles. The van der Waals surface area contributed by atoms with Crippen LogP contribution in [0, 0.1) is 0 Å². The summed E-state index contributed by atoms with van der Waals surface area (Å²) in [7, 11) is 3.11. The summed E-state index contributed by atoms with van der Waals surface area (Å²) in [5, 5.41) is 2.44. The van der Waals surface area contributed by atoms with Gasteiger partial charge in [0, 0.05) is 27.3 Å². The van der Waals surface area contributed by atoms with Crippen LogP contribution in [0.15, 0.2) is 11.8 Å². The van der Waals surface area contributed by atoms with E-state index >= 15 is 0 Å². The van der Waals surface area contributed by atoms with Crippen molar-refractivity contribution in [2.45, 2.75) is 6.92 Å². The Balaban J connectivity index is 4.03. The number of amides is 1. The standard InChI is InChI=1S/C7H14NO4P/c1-6(5-7(9)8-2)12-13(10-3)11-4/h5H,1-4H3,(H,8,9). The summed E-state index contributed by atoms with van der Waals surface area (Å²) in [6.45, 7) is 1.66. The van der Waals surface area contributed by atoms with Crippen molar-refractivity contribution in [2.24, 2.45) is 0 Å². The Bertz CT molecular complexity index is 191. The Morgan fingerprint density at radius 1 is 1.38 bits per heavy atom. The molecule has 0 atom stereocenters. The predicted octanol–water partition coefficient (Wildman–Crippen LogP) is 1.17. The van der Waals surface area contributed by atoms with Gasteiger partial charge in [0.25, 0.3) is 0 Å². The summed E-state index contributed by atoms with van der Waals surface area (Å²) >= 11 is 0. The predicted molar refractivity (Wildman–Crippen MR) is 49.8 cm³/mol. The normalized spacial score (nSPS) is 11.6. The SMILES string of the molecule is CNC(=O)C=C(C)OP(OC)OC. The van der Waals surface area contributed by atoms with Crippen molar-refractivity contribution in [3.8, 4) is 0 Å². The van der Waals surface area contributed by atoms with Crippen molar-refractivity contribution in [3.63, 3.8) is 0 Å². The molecule has 1 N–H and O–H groups in total. The van der Waals surface area contributed by atoms with Crippen LogP contribution < -0.4 is 5.32 Å². The van der Waals surface area contributed by atoms with Crippen LogP contribution in [0.2, 0.25) is 0 Å². The fourth-order valence-electron chi connectivity index (χ4n) is 0.550. The lowest BCUT2D eigenvalue weighted by molar-refractivity contribution is -0.116. The van der Waals surface area contributed by atoms with Gasteiger partial charge in [0.1, 0.15) is 5.76 Å². The van der Waals surface area contributed by atoms with Gasteiger partial charge in [-0.05, 0) is 6.92 Å². The van der Waals surface area contributed by atoms with Gasteiger partial charge in [-0.25, -0.2) is 0 Å². The third kappa shape index (κ3) is 5.58. The highest BCUT2D eigenvalue weighted by Crippen LogP contribution is 2.39. The monoisotopic (exact) mass is 207 g/mol. The van der Waals surface area contributed by atoms with Gasteiger partial charge in [-0.1, -0.05) is 0 Å². The first kappa shape index (κ1) is 12.4. The molecule has 0 rings (SSSR count). The van der Waals surface area contributed by atoms with Crippen molar-refractivity contribution < 1.29 is 18.4 Å². The molecule has 0 unspecified atom stereocenters. The Labute approximate surface area is 79.1 Å². The molecule has 5 nitrogen and oxygen atoms in total. The average Bonchev–Trinajstić information content (AvgIpc) is 2.13. The van der Waals surface area contributed by atoms with E-state index in [2.05, 4.69) is 5.32 Å². The topological polar surface area (TPSA) is 56.8 Å². The van der Waals surface area contributed by atoms with E-state index in [0.717, 1.165) is 0 Å². The van der Waals surface area contributed by atoms with Gasteiger partial charge >= 0.3 is 8.60 Å². The first-order chi connectivity index (χ1) is 6.13. The highest BCUT2D eigenvalue weighted by atomic mass is 31.2. The van der Waals surface area contributed by atoms with E-state index in [1.54, 1.807) is 14.0 Å². The van der Waals surface area contributed by atoms with Crippen LogP contribution in [0.4, 0.5) is 0 Å². The molecule has 76 valence electrons. The largest absolute Gasteiger partial charge is 0.431 e. The second kappa shape index (κ2) is 6.83. The minimum Gasteiger partial charge on any atom is -0.431 e. The van der Waals surface area contributed by atoms with Crippen molar-refractivity contribution >= 4 is 14.5 Å². The molecule has 1 amide bonds. The zero-order chi connectivity index (χ0) is 10.3. The van der Waals surface area contributed by atoms with Gasteiger partial charge in [-0.3, -0.25) is 4.79 Å². The number of rotatable bonds is 5. The highest BCUT2D eigenvalue weighted by molar-refractivity contribution is 7.41. The molecule has 0 aliphatic heterocycles. The van der Waals surface area contributed by atoms with E-state index in [9.17, 15) is 4.79 Å². The summed E-state index contributed by atoms with van der Waals surface area (Å²) in [6.07, 6.45) is 1.33. The highest BCUT2D eigenvalue weighted by Gasteiger charge is 2.09. The van der Waals surface area contributed by atoms with Crippen molar-refractivity contribution in [2.75, 3.05) is 21.3 Å². The molecule has 0 radical (unpaired) electrons. The Morgan fingerprint density at radius 2 is 1.92 bits per heavy atom. The van der Waals surface area contributed by atoms with Gasteiger partial charge in [-0.2, -0.15) is 0 Å². The van der Waals surface area contributed by atoms with Crippen LogP contribution in [-0.4, -0.2) is 27.2 Å². The quantitative estimate of drug-likeness (QED) is 0.417. The van der Waals surface area contributed by atoms with Crippen LogP contribution in [-0.2, 0) is 18.4 Å². The molecule has 0 heterocycles. The lowest BCUT2D eigenvalue weighted by atomic mass is 10.5. The molecule has 0 saturated carbocycles. The summed E-state index contributed by atoms with van der Waals surface area (Å²) in [5.41, 5.74) is 0. The first-order valence-corrected chi connectivity index (χ1v) is 4.70. The van der Waals surface area contributed by atoms with Gasteiger partial charge in [0.2, 0.25) is 5.91 Å². The fourth-order valence-corrected chi connectivity index (χ4v) is 1.14. The molecule has 0 fully saturated rings. The number of carbonyl (C=O) groups excluding carboxylic acids is 1. The molecular formula is C7H14NO4P. The molecule has 0 spiro atoms. The van der Waals surface area contributed by atoms with Gasteiger partial charge < -0.3 is 18.9 Å². The van der Waals surface area contributed by atoms with E-state index in [4.69, 9.17) is 13.6 Å². The molecule has 0 saturated heterocycles. The molecule has 0 aromatic rings. The van der Waals surface area contributed by atoms with E-state index in [0.29, 0.717) is 5.76 Å². The van der Waals surface area contributed by atoms with Crippen molar-refractivity contribution in [1.29, 1.82) is 0 Å². The zero-order valence-corrected chi connectivity index (χ0v) is 9.05. The van der Waals surface area contributed by atoms with Crippen LogP contribution >= 0.6 is 8.60 Å². The Kier molecular flexibility index (Phi) is 6.49. The molecule has 0 aliphatic carbocycles. The number of hydrogen-bond acceptors (Lipinski definition) is 4. The van der Waals surface area contributed by atoms with Crippen LogP contribution in [0.25, 0.3) is 0 Å². The van der Waals surface area contributed by atoms with E-state index in [-0.39, 0.29) is 5.91 Å². The minimum absolute atomic E-state index is 0.223. The molecule has 0 aromatic heterocycles. The van der Waals surface area contributed by atoms with Gasteiger partial charge in [0.05, 0.1) is 0 Å². The molecule has 0 bridgehead atoms. The smallest absolute Gasteiger partial charge is 0.396 e. The summed E-state index contributed by atoms with van der Waals surface area (Å²) in [5.74, 6) is 0.230. The maximum absolute atomic E-state index is 10.8. The summed E-state index contributed by atoms with van der Waals surface area (Å²) in [4.78, 5) is 10.8. The van der Waals surface area contributed by atoms with E-state index in [1.165, 1.54) is 20.3 Å². The number of likely N-dealkylation sites (N-methyl/N-ethyl adjacent to an activating group) is 1. The van der Waals surface area contributed by atoms with E-state index < -0.39 is 8.60 Å². The van der Waals surface area contributed by atoms with Gasteiger partial charge in [-0.15, -0.1) is 0 Å². The zero-order valence-electron chi connectivity index (χ0n) is 8.16. The minimum atomic E-state index is -1.38. The number of hydrogen-bond donors (Lipinski definition) is 1. The fraction of sp³-hybridized carbons (Fsp3) is 0.571. The Hall–Kier alpha value is -0.640. The lowest BCUT2D eigenvalue weighted by Crippen LogP contribution is -2.14. The van der Waals surface area contributed by atoms with Crippen LogP contribution in [0.5, 0.6) is 0 Å². The molecular weight excluding hydrogens is 193 g/mol. The molecule has 6 heteroatoms. The third-order valence-corrected chi connectivity index (χ3v) is 2.13. The molecule has 0 aliphatic rings. The van der Waals surface area contributed by atoms with Gasteiger partial charge in [0.15, 0.2) is 0 Å². The summed E-state index contributed by atoms with van der Waals surface area (Å²) in [6, 6.07) is 0. The number of carbonyl (C=O) groups is 1. The third-order valence-electron chi connectivity index (χ3n) is 1.10. The maximum Gasteiger partial charge on any atom is 0.396 e. The number of allylic oxidation sites excluding steroid dienone is 1. The average molecular weight is 207 g/mol. The Morgan fingerprint density at radius 3 is 2.31 bits per heavy atom. The van der Waals surface area contributed by atoms with E-state index in [1.807, 2.05) is 0 Å². The maximum atomic E-state index is 10.8. The molecule has 13 heavy (non-hydrogen) atoms. The second-order valence-electron chi connectivity index (χ2n) is 2.05. The van der Waals surface area contributed by atoms with Crippen molar-refractivity contribution in [1.82, 2.24) is 5.32 Å². The first-order valence-electron chi connectivity index (χ1n) is 3.60. The lowest BCUT2D eigenvalue weighted by Gasteiger charge is -2.12. The van der Waals surface area contributed by atoms with Crippen LogP contribution in [0.1, 0.15) is 6.92 Å². The van der Waals surface area contributed by atoms with Crippen molar-refractivity contribution in [3.05, 3.63) is 11.8 Å². The summed E-state index contributed by atoms with van der Waals surface area (Å²) < 4.78 is 14.8. The van der Waals surface area contributed by atoms with Crippen LogP contribution in [0.3, 0.4) is 0 Å². The number of nitrogens with one attached hydrogen (secondary N) is 1. The second-order valence-corrected chi connectivity index (χ2v) is 3.41.